The molecule has 2 fully saturated rings. The van der Waals surface area contributed by atoms with Crippen molar-refractivity contribution < 1.29 is 21.6 Å². The molecule has 1 spiro atoms. The first-order valence-electron chi connectivity index (χ1n) is 4.98. The number of hydrogen-bond donors (Lipinski definition) is 1. The van der Waals surface area contributed by atoms with Crippen molar-refractivity contribution in [3.63, 3.8) is 0 Å². The zero-order valence-electron chi connectivity index (χ0n) is 8.96. The third-order valence-corrected chi connectivity index (χ3v) is 5.10. The van der Waals surface area contributed by atoms with Crippen molar-refractivity contribution in [1.29, 1.82) is 0 Å². The molecule has 9 heteroatoms. The van der Waals surface area contributed by atoms with E-state index in [0.717, 1.165) is 0 Å². The van der Waals surface area contributed by atoms with E-state index in [4.69, 9.17) is 0 Å². The van der Waals surface area contributed by atoms with Gasteiger partial charge in [-0.1, -0.05) is 0 Å². The Morgan fingerprint density at radius 2 is 2.00 bits per heavy atom. The molecule has 1 unspecified atom stereocenters. The largest absolute Gasteiger partial charge is 0.402 e. The maximum Gasteiger partial charge on any atom is 0.402 e. The molecule has 1 N–H and O–H groups in total. The van der Waals surface area contributed by atoms with Gasteiger partial charge in [0, 0.05) is 18.5 Å². The molecule has 0 aromatic rings. The van der Waals surface area contributed by atoms with Gasteiger partial charge in [0.2, 0.25) is 10.0 Å². The van der Waals surface area contributed by atoms with Crippen molar-refractivity contribution in [1.82, 2.24) is 9.62 Å². The summed E-state index contributed by atoms with van der Waals surface area (Å²) in [6, 6.07) is 0. The molecule has 0 radical (unpaired) electrons. The predicted octanol–water partition coefficient (Wildman–Crippen LogP) is 0.596. The molecule has 0 bridgehead atoms. The summed E-state index contributed by atoms with van der Waals surface area (Å²) >= 11 is 0. The van der Waals surface area contributed by atoms with Gasteiger partial charge >= 0.3 is 6.18 Å². The summed E-state index contributed by atoms with van der Waals surface area (Å²) in [6.45, 7) is -0.213. The van der Waals surface area contributed by atoms with E-state index in [1.165, 1.54) is 0 Å². The Morgan fingerprint density at radius 1 is 1.35 bits per heavy atom. The maximum absolute atomic E-state index is 12.2. The van der Waals surface area contributed by atoms with Crippen molar-refractivity contribution in [2.24, 2.45) is 5.41 Å². The lowest BCUT2D eigenvalue weighted by molar-refractivity contribution is -0.136. The van der Waals surface area contributed by atoms with Gasteiger partial charge in [0.05, 0.1) is 5.75 Å². The van der Waals surface area contributed by atoms with E-state index in [9.17, 15) is 21.6 Å². The van der Waals surface area contributed by atoms with Crippen molar-refractivity contribution in [3.05, 3.63) is 0 Å². The molecular weight excluding hydrogens is 281 g/mol. The van der Waals surface area contributed by atoms with Gasteiger partial charge in [0.25, 0.3) is 0 Å². The highest BCUT2D eigenvalue weighted by atomic mass is 35.5. The Bertz CT molecular complexity index is 379. The number of nitrogens with one attached hydrogen (secondary N) is 1. The molecule has 0 aromatic heterocycles. The summed E-state index contributed by atoms with van der Waals surface area (Å²) < 4.78 is 60.4. The quantitative estimate of drug-likeness (QED) is 0.770. The SMILES string of the molecule is Cl.O=S1(=O)CC2(CCNC2)CN1CC(F)(F)F. The van der Waals surface area contributed by atoms with Crippen molar-refractivity contribution in [3.8, 4) is 0 Å². The van der Waals surface area contributed by atoms with Gasteiger partial charge in [0.1, 0.15) is 6.54 Å². The Kier molecular flexibility index (Phi) is 4.03. The van der Waals surface area contributed by atoms with Crippen LogP contribution in [0.1, 0.15) is 6.42 Å². The molecule has 4 nitrogen and oxygen atoms in total. The molecule has 0 saturated carbocycles. The average molecular weight is 295 g/mol. The van der Waals surface area contributed by atoms with Crippen LogP contribution in [-0.2, 0) is 10.0 Å². The first kappa shape index (κ1) is 15.0. The Hall–Kier alpha value is -0.0500. The van der Waals surface area contributed by atoms with Gasteiger partial charge in [-0.3, -0.25) is 0 Å². The fourth-order valence-electron chi connectivity index (χ4n) is 2.40. The topological polar surface area (TPSA) is 49.4 Å². The van der Waals surface area contributed by atoms with E-state index in [-0.39, 0.29) is 24.7 Å². The summed E-state index contributed by atoms with van der Waals surface area (Å²) in [5, 5.41) is 3.00. The van der Waals surface area contributed by atoms with E-state index < -0.39 is 28.2 Å². The van der Waals surface area contributed by atoms with Crippen LogP contribution in [-0.4, -0.2) is 50.8 Å². The summed E-state index contributed by atoms with van der Waals surface area (Å²) in [4.78, 5) is 0. The second-order valence-electron chi connectivity index (χ2n) is 4.57. The molecule has 17 heavy (non-hydrogen) atoms. The summed E-state index contributed by atoms with van der Waals surface area (Å²) in [6.07, 6.45) is -3.84. The Morgan fingerprint density at radius 3 is 2.47 bits per heavy atom. The van der Waals surface area contributed by atoms with Gasteiger partial charge in [-0.2, -0.15) is 17.5 Å². The summed E-state index contributed by atoms with van der Waals surface area (Å²) in [5.74, 6) is -0.164. The van der Waals surface area contributed by atoms with Crippen molar-refractivity contribution in [2.45, 2.75) is 12.6 Å². The molecule has 102 valence electrons. The lowest BCUT2D eigenvalue weighted by atomic mass is 9.90. The zero-order valence-corrected chi connectivity index (χ0v) is 10.6. The van der Waals surface area contributed by atoms with Crippen molar-refractivity contribution in [2.75, 3.05) is 31.9 Å². The molecule has 2 aliphatic rings. The van der Waals surface area contributed by atoms with Crippen molar-refractivity contribution >= 4 is 22.4 Å². The number of alkyl halides is 3. The van der Waals surface area contributed by atoms with E-state index >= 15 is 0 Å². The highest BCUT2D eigenvalue weighted by Gasteiger charge is 2.51. The van der Waals surface area contributed by atoms with Crippen LogP contribution in [0.4, 0.5) is 13.2 Å². The first-order chi connectivity index (χ1) is 7.23. The number of hydrogen-bond acceptors (Lipinski definition) is 3. The van der Waals surface area contributed by atoms with Gasteiger partial charge in [-0.25, -0.2) is 8.42 Å². The van der Waals surface area contributed by atoms with Gasteiger partial charge in [-0.05, 0) is 13.0 Å². The highest BCUT2D eigenvalue weighted by molar-refractivity contribution is 7.89. The molecule has 2 saturated heterocycles. The van der Waals surface area contributed by atoms with Gasteiger partial charge in [0.15, 0.2) is 0 Å². The smallest absolute Gasteiger partial charge is 0.316 e. The van der Waals surface area contributed by atoms with Crippen LogP contribution in [0, 0.1) is 5.41 Å². The standard InChI is InChI=1S/C8H13F3N2O2S.ClH/c9-8(10,11)5-13-4-7(1-2-12-3-7)6-16(13,14)15;/h12H,1-6H2;1H. The molecular formula is C8H14ClF3N2O2S. The number of nitrogens with zero attached hydrogens (tertiary/aromatic N) is 1. The van der Waals surface area contributed by atoms with Crippen LogP contribution in [0.15, 0.2) is 0 Å². The van der Waals surface area contributed by atoms with Crippen LogP contribution < -0.4 is 5.32 Å². The molecule has 2 aliphatic heterocycles. The maximum atomic E-state index is 12.2. The number of halogens is 4. The van der Waals surface area contributed by atoms with Crippen LogP contribution in [0.5, 0.6) is 0 Å². The minimum absolute atomic E-state index is 0. The second kappa shape index (κ2) is 4.56. The normalized spacial score (nSPS) is 32.9. The highest BCUT2D eigenvalue weighted by Crippen LogP contribution is 2.37. The monoisotopic (exact) mass is 294 g/mol. The molecule has 0 aromatic carbocycles. The third-order valence-electron chi connectivity index (χ3n) is 3.08. The lowest BCUT2D eigenvalue weighted by Crippen LogP contribution is -2.37. The summed E-state index contributed by atoms with van der Waals surface area (Å²) in [7, 11) is -3.74. The molecule has 2 rings (SSSR count). The second-order valence-corrected chi connectivity index (χ2v) is 6.54. The van der Waals surface area contributed by atoms with Gasteiger partial charge in [-0.15, -0.1) is 12.4 Å². The molecule has 1 atom stereocenters. The van der Waals surface area contributed by atoms with E-state index in [1.807, 2.05) is 0 Å². The average Bonchev–Trinajstić information content (AvgIpc) is 2.56. The Balaban J connectivity index is 0.00000144. The fourth-order valence-corrected chi connectivity index (χ4v) is 4.51. The fraction of sp³-hybridized carbons (Fsp3) is 1.00. The minimum atomic E-state index is -4.47. The first-order valence-corrected chi connectivity index (χ1v) is 6.59. The predicted molar refractivity (Wildman–Crippen MR) is 58.6 cm³/mol. The zero-order chi connectivity index (χ0) is 12.0. The Labute approximate surface area is 104 Å². The summed E-state index contributed by atoms with van der Waals surface area (Å²) in [5.41, 5.74) is -0.510. The van der Waals surface area contributed by atoms with Crippen LogP contribution in [0.25, 0.3) is 0 Å². The van der Waals surface area contributed by atoms with E-state index in [2.05, 4.69) is 5.32 Å². The molecule has 2 heterocycles. The third kappa shape index (κ3) is 3.24. The molecule has 0 aliphatic carbocycles. The van der Waals surface area contributed by atoms with Crippen LogP contribution >= 0.6 is 12.4 Å². The van der Waals surface area contributed by atoms with E-state index in [0.29, 0.717) is 23.8 Å². The number of rotatable bonds is 1. The van der Waals surface area contributed by atoms with E-state index in [1.54, 1.807) is 0 Å². The molecule has 0 amide bonds. The minimum Gasteiger partial charge on any atom is -0.316 e. The lowest BCUT2D eigenvalue weighted by Gasteiger charge is -2.20. The number of sulfonamides is 1. The van der Waals surface area contributed by atoms with Gasteiger partial charge < -0.3 is 5.32 Å². The van der Waals surface area contributed by atoms with Crippen LogP contribution in [0.3, 0.4) is 0 Å². The van der Waals surface area contributed by atoms with Crippen LogP contribution in [0.2, 0.25) is 0 Å².